The number of imidazole rings is 1. The number of hydrogen-bond donors (Lipinski definition) is 1. The average Bonchev–Trinajstić information content (AvgIpc) is 3.75. The van der Waals surface area contributed by atoms with E-state index in [1.54, 1.807) is 42.5 Å². The molecule has 0 bridgehead atoms. The van der Waals surface area contributed by atoms with Crippen LogP contribution in [0.2, 0.25) is 0 Å². The Kier molecular flexibility index (Phi) is 6.34. The van der Waals surface area contributed by atoms with Crippen LogP contribution in [0.4, 0.5) is 0 Å². The van der Waals surface area contributed by atoms with Gasteiger partial charge in [-0.05, 0) is 123 Å². The van der Waals surface area contributed by atoms with E-state index in [1.807, 2.05) is 95.6 Å². The summed E-state index contributed by atoms with van der Waals surface area (Å²) in [5.41, 5.74) is 3.01. The highest BCUT2D eigenvalue weighted by Crippen LogP contribution is 2.42. The molecule has 0 saturated carbocycles. The molecule has 1 N–H and O–H groups in total. The van der Waals surface area contributed by atoms with Gasteiger partial charge in [0.15, 0.2) is 0 Å². The number of phenolic OH excluding ortho intramolecular Hbond substituents is 1. The second-order valence-corrected chi connectivity index (χ2v) is 16.1. The quantitative estimate of drug-likeness (QED) is 0.174. The summed E-state index contributed by atoms with van der Waals surface area (Å²) in [5, 5.41) is 11.5. The topological polar surface area (TPSA) is 50.9 Å². The SMILES string of the molecule is [2H]c1c([2H])c(C(C([2H])([2H])[2H])(C([2H])([2H])[2H])C([2H])([2H])[2H])c([2H])c([2H])c1-c1ccnc(-c2cc(-c3ccccc3)cc(-c3cccc4c3nc(-c3ccccc3O)n4-c3ccc(C([2H])([2H])[2H])cc3-c3ccc(C(C)(C)C)cc3)c2)c1. The molecule has 61 heavy (non-hydrogen) atoms. The van der Waals surface area contributed by atoms with Crippen molar-refractivity contribution in [1.29, 1.82) is 0 Å². The first-order valence-corrected chi connectivity index (χ1v) is 19.8. The Bertz CT molecular complexity index is 3670. The zero-order chi connectivity index (χ0) is 55.9. The summed E-state index contributed by atoms with van der Waals surface area (Å²) in [6.07, 6.45) is 1.39. The lowest BCUT2D eigenvalue weighted by Crippen LogP contribution is -2.10. The number of para-hydroxylation sites is 2. The molecule has 0 aliphatic carbocycles. The van der Waals surface area contributed by atoms with E-state index >= 15 is 0 Å². The van der Waals surface area contributed by atoms with Gasteiger partial charge in [-0.2, -0.15) is 0 Å². The summed E-state index contributed by atoms with van der Waals surface area (Å²) in [7, 11) is 0. The van der Waals surface area contributed by atoms with Gasteiger partial charge in [-0.15, -0.1) is 0 Å². The molecule has 2 heterocycles. The fourth-order valence-corrected chi connectivity index (χ4v) is 7.65. The Hall–Kier alpha value is -7.04. The summed E-state index contributed by atoms with van der Waals surface area (Å²) < 4.78 is 137. The molecule has 300 valence electrons. The van der Waals surface area contributed by atoms with E-state index in [-0.39, 0.29) is 27.9 Å². The van der Waals surface area contributed by atoms with Crippen LogP contribution >= 0.6 is 0 Å². The molecule has 0 atom stereocenters. The number of aromatic hydroxyl groups is 1. The summed E-state index contributed by atoms with van der Waals surface area (Å²) in [4.78, 5) is 9.99. The maximum absolute atomic E-state index is 11.5. The Morgan fingerprint density at radius 3 is 2.00 bits per heavy atom. The number of phenols is 1. The van der Waals surface area contributed by atoms with Gasteiger partial charge < -0.3 is 5.11 Å². The molecule has 0 unspecified atom stereocenters. The molecule has 2 aromatic heterocycles. The first kappa shape index (κ1) is 24.9. The van der Waals surface area contributed by atoms with E-state index in [0.717, 1.165) is 22.3 Å². The van der Waals surface area contributed by atoms with Crippen LogP contribution in [0, 0.1) is 6.85 Å². The smallest absolute Gasteiger partial charge is 0.149 e. The Morgan fingerprint density at radius 1 is 0.541 bits per heavy atom. The molecule has 0 aliphatic heterocycles. The van der Waals surface area contributed by atoms with Crippen molar-refractivity contribution in [2.24, 2.45) is 0 Å². The first-order valence-electron chi connectivity index (χ1n) is 27.8. The third-order valence-electron chi connectivity index (χ3n) is 10.8. The van der Waals surface area contributed by atoms with Crippen LogP contribution in [0.15, 0.2) is 176 Å². The van der Waals surface area contributed by atoms with E-state index in [0.29, 0.717) is 56.1 Å². The predicted molar refractivity (Wildman–Crippen MR) is 255 cm³/mol. The van der Waals surface area contributed by atoms with Crippen molar-refractivity contribution in [3.8, 4) is 78.6 Å². The third-order valence-corrected chi connectivity index (χ3v) is 10.8. The van der Waals surface area contributed by atoms with Gasteiger partial charge in [-0.1, -0.05) is 156 Å². The highest BCUT2D eigenvalue weighted by molar-refractivity contribution is 5.98. The lowest BCUT2D eigenvalue weighted by atomic mass is 9.86. The second kappa shape index (κ2) is 15.5. The first-order chi connectivity index (χ1) is 36.0. The standard InChI is InChI=1S/C57H51N3O/c1-37-20-29-51(49(32-37)40-23-27-46(28-24-40)57(5,6)7)60-52-18-13-17-47(54(52)59-55(60)48-16-11-12-19-53(48)61)43-33-42(38-14-9-8-10-15-38)34-44(35-43)50-36-41(30-31-58-50)39-21-25-45(26-22-39)56(2,3)4/h8-36,61H,1-7H3/i1D3,2D3,3D3,4D3,21D,22D,25D,26D. The maximum atomic E-state index is 11.5. The number of pyridine rings is 1. The van der Waals surface area contributed by atoms with Crippen LogP contribution in [-0.4, -0.2) is 19.6 Å². The van der Waals surface area contributed by atoms with Gasteiger partial charge in [0.05, 0.1) is 33.5 Å². The summed E-state index contributed by atoms with van der Waals surface area (Å²) in [6.45, 7) is -7.58. The van der Waals surface area contributed by atoms with E-state index in [1.165, 1.54) is 18.3 Å². The Labute approximate surface area is 382 Å². The van der Waals surface area contributed by atoms with Crippen molar-refractivity contribution < 1.29 is 27.0 Å². The van der Waals surface area contributed by atoms with Crippen LogP contribution in [0.1, 0.15) is 79.9 Å². The minimum Gasteiger partial charge on any atom is -0.507 e. The number of benzene rings is 7. The summed E-state index contributed by atoms with van der Waals surface area (Å²) in [6, 6.07) is 39.8. The van der Waals surface area contributed by atoms with Crippen LogP contribution in [0.5, 0.6) is 5.75 Å². The number of nitrogens with zero attached hydrogens (tertiary/aromatic N) is 3. The molecule has 0 spiro atoms. The summed E-state index contributed by atoms with van der Waals surface area (Å²) in [5.74, 6) is 0.330. The number of fused-ring (bicyclic) bond motifs is 1. The van der Waals surface area contributed by atoms with E-state index in [4.69, 9.17) is 26.9 Å². The highest BCUT2D eigenvalue weighted by atomic mass is 16.3. The van der Waals surface area contributed by atoms with Crippen molar-refractivity contribution in [2.45, 2.75) is 59.0 Å². The molecule has 0 saturated heterocycles. The Morgan fingerprint density at radius 2 is 1.26 bits per heavy atom. The van der Waals surface area contributed by atoms with Gasteiger partial charge >= 0.3 is 0 Å². The maximum Gasteiger partial charge on any atom is 0.149 e. The number of aryl methyl sites for hydroxylation is 1. The molecule has 7 aromatic carbocycles. The zero-order valence-corrected chi connectivity index (χ0v) is 33.7. The van der Waals surface area contributed by atoms with E-state index < -0.39 is 62.6 Å². The molecule has 9 rings (SSSR count). The minimum absolute atomic E-state index is 0.0392. The van der Waals surface area contributed by atoms with Gasteiger partial charge in [-0.3, -0.25) is 9.55 Å². The third kappa shape index (κ3) is 7.78. The van der Waals surface area contributed by atoms with Gasteiger partial charge in [0, 0.05) is 39.3 Å². The van der Waals surface area contributed by atoms with Crippen molar-refractivity contribution in [2.75, 3.05) is 0 Å². The molecule has 0 fully saturated rings. The average molecular weight is 810 g/mol. The molecule has 4 heteroatoms. The molecule has 0 radical (unpaired) electrons. The van der Waals surface area contributed by atoms with Gasteiger partial charge in [-0.25, -0.2) is 4.98 Å². The molecule has 9 aromatic rings. The lowest BCUT2D eigenvalue weighted by molar-refractivity contribution is 0.477. The summed E-state index contributed by atoms with van der Waals surface area (Å²) >= 11 is 0. The van der Waals surface area contributed by atoms with Crippen LogP contribution < -0.4 is 0 Å². The highest BCUT2D eigenvalue weighted by Gasteiger charge is 2.23. The van der Waals surface area contributed by atoms with Crippen molar-refractivity contribution in [3.05, 3.63) is 193 Å². The van der Waals surface area contributed by atoms with Crippen molar-refractivity contribution >= 4 is 11.0 Å². The van der Waals surface area contributed by atoms with Gasteiger partial charge in [0.1, 0.15) is 11.6 Å². The molecule has 0 amide bonds. The normalized spacial score (nSPS) is 16.6. The fourth-order valence-electron chi connectivity index (χ4n) is 7.65. The number of hydrogen-bond acceptors (Lipinski definition) is 3. The largest absolute Gasteiger partial charge is 0.507 e. The second-order valence-electron chi connectivity index (χ2n) is 16.1. The monoisotopic (exact) mass is 810 g/mol. The Balaban J connectivity index is 1.28. The lowest BCUT2D eigenvalue weighted by Gasteiger charge is -2.20. The van der Waals surface area contributed by atoms with Crippen molar-refractivity contribution in [1.82, 2.24) is 14.5 Å². The van der Waals surface area contributed by atoms with E-state index in [2.05, 4.69) is 25.8 Å². The fraction of sp³-hybridized carbons (Fsp3) is 0.158. The van der Waals surface area contributed by atoms with Crippen LogP contribution in [0.25, 0.3) is 83.9 Å². The number of rotatable bonds is 7. The molecule has 4 nitrogen and oxygen atoms in total. The van der Waals surface area contributed by atoms with Gasteiger partial charge in [0.2, 0.25) is 0 Å². The van der Waals surface area contributed by atoms with Gasteiger partial charge in [0.25, 0.3) is 0 Å². The minimum atomic E-state index is -3.83. The van der Waals surface area contributed by atoms with E-state index in [9.17, 15) is 5.11 Å². The molecular weight excluding hydrogens is 743 g/mol. The number of aromatic nitrogens is 3. The van der Waals surface area contributed by atoms with Crippen LogP contribution in [0.3, 0.4) is 0 Å². The molecule has 0 aliphatic rings. The van der Waals surface area contributed by atoms with Crippen molar-refractivity contribution in [3.63, 3.8) is 0 Å². The van der Waals surface area contributed by atoms with Crippen LogP contribution in [-0.2, 0) is 10.8 Å². The molecular formula is C57H51N3O. The zero-order valence-electron chi connectivity index (χ0n) is 49.7. The predicted octanol–water partition coefficient (Wildman–Crippen LogP) is 15.0.